The number of nitro groups is 1. The first kappa shape index (κ1) is 14.8. The summed E-state index contributed by atoms with van der Waals surface area (Å²) in [6.07, 6.45) is 1.78. The molecular formula is C15H17N3O3S. The van der Waals surface area contributed by atoms with Crippen molar-refractivity contribution >= 4 is 23.0 Å². The number of non-ortho nitro benzene ring substituents is 1. The first-order valence-electron chi connectivity index (χ1n) is 7.05. The Bertz CT molecular complexity index is 678. The van der Waals surface area contributed by atoms with Crippen LogP contribution in [-0.4, -0.2) is 27.2 Å². The number of benzene rings is 1. The van der Waals surface area contributed by atoms with Gasteiger partial charge in [-0.05, 0) is 25.2 Å². The molecule has 2 heterocycles. The lowest BCUT2D eigenvalue weighted by atomic mass is 9.81. The Morgan fingerprint density at radius 1 is 1.64 bits per heavy atom. The molecule has 0 unspecified atom stereocenters. The monoisotopic (exact) mass is 319 g/mol. The van der Waals surface area contributed by atoms with Crippen LogP contribution < -0.4 is 10.1 Å². The van der Waals surface area contributed by atoms with Crippen LogP contribution in [0.4, 0.5) is 5.69 Å². The number of hydrogen-bond donors (Lipinski definition) is 1. The Labute approximate surface area is 133 Å². The van der Waals surface area contributed by atoms with Gasteiger partial charge in [0.2, 0.25) is 0 Å². The minimum Gasteiger partial charge on any atom is -0.467 e. The first-order chi connectivity index (χ1) is 10.4. The van der Waals surface area contributed by atoms with E-state index in [0.29, 0.717) is 17.4 Å². The minimum absolute atomic E-state index is 0.0550. The Hall–Kier alpha value is -2.15. The molecule has 2 bridgehead atoms. The van der Waals surface area contributed by atoms with Gasteiger partial charge >= 0.3 is 0 Å². The lowest BCUT2D eigenvalue weighted by molar-refractivity contribution is -0.385. The summed E-state index contributed by atoms with van der Waals surface area (Å²) in [5.41, 5.74) is 0.226. The average molecular weight is 319 g/mol. The van der Waals surface area contributed by atoms with Crippen LogP contribution in [0.5, 0.6) is 5.75 Å². The van der Waals surface area contributed by atoms with Crippen LogP contribution in [0, 0.1) is 16.0 Å². The number of nitro benzene ring substituents is 1. The van der Waals surface area contributed by atoms with Gasteiger partial charge in [0.1, 0.15) is 5.75 Å². The zero-order valence-corrected chi connectivity index (χ0v) is 13.2. The number of fused-ring (bicyclic) bond motifs is 4. The molecule has 22 heavy (non-hydrogen) atoms. The fourth-order valence-electron chi connectivity index (χ4n) is 3.19. The van der Waals surface area contributed by atoms with Crippen LogP contribution in [0.3, 0.4) is 0 Å². The fraction of sp³-hybridized carbons (Fsp3) is 0.400. The lowest BCUT2D eigenvalue weighted by Gasteiger charge is -2.55. The van der Waals surface area contributed by atoms with Gasteiger partial charge in [0.25, 0.3) is 5.69 Å². The van der Waals surface area contributed by atoms with Crippen molar-refractivity contribution in [3.05, 3.63) is 46.5 Å². The first-order valence-corrected chi connectivity index (χ1v) is 7.45. The van der Waals surface area contributed by atoms with E-state index in [0.717, 1.165) is 5.56 Å². The normalized spacial score (nSPS) is 29.2. The number of ether oxygens (including phenoxy) is 1. The molecule has 0 spiro atoms. The predicted molar refractivity (Wildman–Crippen MR) is 86.7 cm³/mol. The van der Waals surface area contributed by atoms with E-state index >= 15 is 0 Å². The summed E-state index contributed by atoms with van der Waals surface area (Å²) in [7, 11) is 0. The Kier molecular flexibility index (Phi) is 3.32. The van der Waals surface area contributed by atoms with E-state index in [-0.39, 0.29) is 17.6 Å². The molecule has 1 N–H and O–H groups in total. The van der Waals surface area contributed by atoms with Crippen LogP contribution in [0.1, 0.15) is 25.5 Å². The molecular weight excluding hydrogens is 302 g/mol. The second-order valence-corrected chi connectivity index (χ2v) is 6.14. The van der Waals surface area contributed by atoms with Crippen molar-refractivity contribution in [2.24, 2.45) is 5.92 Å². The summed E-state index contributed by atoms with van der Waals surface area (Å²) in [5, 5.41) is 14.9. The zero-order chi connectivity index (χ0) is 16.1. The summed E-state index contributed by atoms with van der Waals surface area (Å²) in [5.74, 6) is 0.717. The van der Waals surface area contributed by atoms with Crippen LogP contribution in [0.25, 0.3) is 0 Å². The van der Waals surface area contributed by atoms with Gasteiger partial charge in [-0.25, -0.2) is 0 Å². The highest BCUT2D eigenvalue weighted by molar-refractivity contribution is 7.80. The third-order valence-corrected chi connectivity index (χ3v) is 4.91. The molecule has 1 fully saturated rings. The van der Waals surface area contributed by atoms with E-state index in [2.05, 4.69) is 18.8 Å². The molecule has 0 aliphatic carbocycles. The SMILES string of the molecule is C=CCN1C(=S)N[C@@H]2c3cc([N+](=O)[O-])ccc3O[C@]1(C)[C@H]2C. The van der Waals surface area contributed by atoms with E-state index in [9.17, 15) is 10.1 Å². The van der Waals surface area contributed by atoms with E-state index in [1.54, 1.807) is 18.2 Å². The van der Waals surface area contributed by atoms with Gasteiger partial charge in [-0.1, -0.05) is 13.0 Å². The molecule has 116 valence electrons. The maximum absolute atomic E-state index is 11.0. The highest BCUT2D eigenvalue weighted by Crippen LogP contribution is 2.48. The number of hydrogen-bond acceptors (Lipinski definition) is 4. The molecule has 3 rings (SSSR count). The van der Waals surface area contributed by atoms with Gasteiger partial charge in [0.05, 0.1) is 11.0 Å². The van der Waals surface area contributed by atoms with Crippen molar-refractivity contribution < 1.29 is 9.66 Å². The number of nitrogens with zero attached hydrogens (tertiary/aromatic N) is 2. The number of thiocarbonyl (C=S) groups is 1. The van der Waals surface area contributed by atoms with Crippen LogP contribution in [0.2, 0.25) is 0 Å². The van der Waals surface area contributed by atoms with Crippen molar-refractivity contribution in [1.82, 2.24) is 10.2 Å². The van der Waals surface area contributed by atoms with Crippen molar-refractivity contribution in [3.63, 3.8) is 0 Å². The third kappa shape index (κ3) is 1.96. The largest absolute Gasteiger partial charge is 0.467 e. The van der Waals surface area contributed by atoms with Gasteiger partial charge in [-0.3, -0.25) is 10.1 Å². The maximum atomic E-state index is 11.0. The Morgan fingerprint density at radius 2 is 2.36 bits per heavy atom. The van der Waals surface area contributed by atoms with E-state index < -0.39 is 10.6 Å². The predicted octanol–water partition coefficient (Wildman–Crippen LogP) is 2.76. The fourth-order valence-corrected chi connectivity index (χ4v) is 3.57. The Morgan fingerprint density at radius 3 is 3.00 bits per heavy atom. The molecule has 0 aromatic heterocycles. The molecule has 0 radical (unpaired) electrons. The van der Waals surface area contributed by atoms with E-state index in [1.165, 1.54) is 6.07 Å². The summed E-state index contributed by atoms with van der Waals surface area (Å²) in [6.45, 7) is 8.38. The molecule has 3 atom stereocenters. The summed E-state index contributed by atoms with van der Waals surface area (Å²) in [6, 6.07) is 4.58. The van der Waals surface area contributed by atoms with Crippen molar-refractivity contribution in [1.29, 1.82) is 0 Å². The smallest absolute Gasteiger partial charge is 0.270 e. The summed E-state index contributed by atoms with van der Waals surface area (Å²) in [4.78, 5) is 12.6. The van der Waals surface area contributed by atoms with Crippen molar-refractivity contribution in [2.75, 3.05) is 6.54 Å². The molecule has 6 nitrogen and oxygen atoms in total. The average Bonchev–Trinajstić information content (AvgIpc) is 2.47. The van der Waals surface area contributed by atoms with Gasteiger partial charge in [0.15, 0.2) is 10.8 Å². The van der Waals surface area contributed by atoms with Gasteiger partial charge in [-0.2, -0.15) is 0 Å². The highest BCUT2D eigenvalue weighted by atomic mass is 32.1. The lowest BCUT2D eigenvalue weighted by Crippen LogP contribution is -2.68. The molecule has 0 amide bonds. The summed E-state index contributed by atoms with van der Waals surface area (Å²) < 4.78 is 6.20. The van der Waals surface area contributed by atoms with E-state index in [1.807, 2.05) is 11.8 Å². The van der Waals surface area contributed by atoms with Crippen molar-refractivity contribution in [2.45, 2.75) is 25.6 Å². The molecule has 7 heteroatoms. The van der Waals surface area contributed by atoms with Crippen LogP contribution >= 0.6 is 12.2 Å². The molecule has 1 aromatic carbocycles. The minimum atomic E-state index is -0.607. The topological polar surface area (TPSA) is 67.6 Å². The van der Waals surface area contributed by atoms with Crippen molar-refractivity contribution in [3.8, 4) is 5.75 Å². The quantitative estimate of drug-likeness (QED) is 0.400. The van der Waals surface area contributed by atoms with E-state index in [4.69, 9.17) is 17.0 Å². The Balaban J connectivity index is 2.11. The van der Waals surface area contributed by atoms with Crippen LogP contribution in [0.15, 0.2) is 30.9 Å². The molecule has 1 saturated heterocycles. The third-order valence-electron chi connectivity index (χ3n) is 4.57. The van der Waals surface area contributed by atoms with Gasteiger partial charge in [-0.15, -0.1) is 6.58 Å². The standard InChI is InChI=1S/C15H17N3O3S/c1-4-7-17-14(22)16-13-9(2)15(17,3)21-12-6-5-10(18(19)20)8-11(12)13/h4-6,8-9,13H,1,7H2,2-3H3,(H,16,22)/t9-,13-,15+/m0/s1. The summed E-state index contributed by atoms with van der Waals surface area (Å²) >= 11 is 5.44. The number of rotatable bonds is 3. The van der Waals surface area contributed by atoms with Crippen LogP contribution in [-0.2, 0) is 0 Å². The number of nitrogens with one attached hydrogen (secondary N) is 1. The highest BCUT2D eigenvalue weighted by Gasteiger charge is 2.53. The molecule has 1 aromatic rings. The molecule has 0 saturated carbocycles. The van der Waals surface area contributed by atoms with Gasteiger partial charge < -0.3 is 15.0 Å². The zero-order valence-electron chi connectivity index (χ0n) is 12.4. The molecule has 2 aliphatic heterocycles. The molecule has 2 aliphatic rings. The maximum Gasteiger partial charge on any atom is 0.270 e. The second kappa shape index (κ2) is 4.95. The second-order valence-electron chi connectivity index (χ2n) is 5.75. The van der Waals surface area contributed by atoms with Gasteiger partial charge in [0, 0.05) is 30.2 Å².